The molecule has 0 unspecified atom stereocenters. The van der Waals surface area contributed by atoms with E-state index in [1.807, 2.05) is 18.3 Å². The lowest BCUT2D eigenvalue weighted by Gasteiger charge is -2.06. The topological polar surface area (TPSA) is 105 Å². The molecular weight excluding hydrogens is 314 g/mol. The van der Waals surface area contributed by atoms with Gasteiger partial charge in [0, 0.05) is 23.8 Å². The highest BCUT2D eigenvalue weighted by Gasteiger charge is 2.09. The number of fused-ring (bicyclic) bond motifs is 1. The van der Waals surface area contributed by atoms with Gasteiger partial charge in [0.15, 0.2) is 0 Å². The summed E-state index contributed by atoms with van der Waals surface area (Å²) in [5.74, 6) is -0.197. The van der Waals surface area contributed by atoms with Crippen molar-refractivity contribution < 1.29 is 13.2 Å². The summed E-state index contributed by atoms with van der Waals surface area (Å²) in [5.41, 5.74) is 2.24. The van der Waals surface area contributed by atoms with Crippen molar-refractivity contribution >= 4 is 26.8 Å². The van der Waals surface area contributed by atoms with Gasteiger partial charge >= 0.3 is 0 Å². The van der Waals surface area contributed by atoms with Crippen LogP contribution in [-0.4, -0.2) is 19.3 Å². The van der Waals surface area contributed by atoms with Crippen LogP contribution in [0.25, 0.3) is 10.9 Å². The first kappa shape index (κ1) is 15.3. The van der Waals surface area contributed by atoms with Crippen molar-refractivity contribution in [2.24, 2.45) is 5.14 Å². The second kappa shape index (κ2) is 5.86. The van der Waals surface area contributed by atoms with Crippen LogP contribution >= 0.6 is 0 Å². The van der Waals surface area contributed by atoms with E-state index in [-0.39, 0.29) is 10.8 Å². The fourth-order valence-corrected chi connectivity index (χ4v) is 2.79. The molecule has 6 nitrogen and oxygen atoms in total. The number of nitrogens with two attached hydrogens (primary N) is 1. The first-order chi connectivity index (χ1) is 10.9. The summed E-state index contributed by atoms with van der Waals surface area (Å²) in [7, 11) is -3.70. The zero-order valence-corrected chi connectivity index (χ0v) is 12.9. The number of aromatic amines is 1. The van der Waals surface area contributed by atoms with Crippen LogP contribution in [0.2, 0.25) is 0 Å². The van der Waals surface area contributed by atoms with Crippen molar-refractivity contribution in [3.8, 4) is 0 Å². The SMILES string of the molecule is NS(=O)(=O)c1ccc(CNC(=O)c2ccc3cc[nH]c3c2)cc1. The number of hydrogen-bond acceptors (Lipinski definition) is 3. The van der Waals surface area contributed by atoms with Crippen LogP contribution in [-0.2, 0) is 16.6 Å². The zero-order valence-electron chi connectivity index (χ0n) is 12.1. The Morgan fingerprint density at radius 3 is 2.52 bits per heavy atom. The minimum atomic E-state index is -3.70. The maximum atomic E-state index is 12.2. The number of primary sulfonamides is 1. The molecule has 0 aliphatic carbocycles. The lowest BCUT2D eigenvalue weighted by molar-refractivity contribution is 0.0951. The first-order valence-corrected chi connectivity index (χ1v) is 8.45. The molecule has 23 heavy (non-hydrogen) atoms. The molecule has 0 saturated heterocycles. The Morgan fingerprint density at radius 2 is 1.83 bits per heavy atom. The smallest absolute Gasteiger partial charge is 0.251 e. The number of carbonyl (C=O) groups excluding carboxylic acids is 1. The van der Waals surface area contributed by atoms with Crippen molar-refractivity contribution in [3.05, 3.63) is 65.9 Å². The van der Waals surface area contributed by atoms with E-state index in [9.17, 15) is 13.2 Å². The van der Waals surface area contributed by atoms with Crippen LogP contribution in [0.3, 0.4) is 0 Å². The number of amides is 1. The number of benzene rings is 2. The number of nitrogens with one attached hydrogen (secondary N) is 2. The van der Waals surface area contributed by atoms with Gasteiger partial charge in [0.2, 0.25) is 10.0 Å². The molecule has 0 saturated carbocycles. The number of rotatable bonds is 4. The van der Waals surface area contributed by atoms with Gasteiger partial charge in [0.25, 0.3) is 5.91 Å². The number of sulfonamides is 1. The Morgan fingerprint density at radius 1 is 1.09 bits per heavy atom. The molecule has 0 aliphatic rings. The molecule has 3 rings (SSSR count). The molecule has 4 N–H and O–H groups in total. The van der Waals surface area contributed by atoms with Crippen LogP contribution in [0, 0.1) is 0 Å². The van der Waals surface area contributed by atoms with Crippen LogP contribution < -0.4 is 10.5 Å². The van der Waals surface area contributed by atoms with Gasteiger partial charge in [-0.05, 0) is 41.3 Å². The quantitative estimate of drug-likeness (QED) is 0.679. The highest BCUT2D eigenvalue weighted by molar-refractivity contribution is 7.89. The molecule has 1 aromatic heterocycles. The lowest BCUT2D eigenvalue weighted by Crippen LogP contribution is -2.22. The molecule has 2 aromatic carbocycles. The summed E-state index contributed by atoms with van der Waals surface area (Å²) < 4.78 is 22.4. The van der Waals surface area contributed by atoms with E-state index in [2.05, 4.69) is 10.3 Å². The Balaban J connectivity index is 1.68. The van der Waals surface area contributed by atoms with Crippen LogP contribution in [0.5, 0.6) is 0 Å². The largest absolute Gasteiger partial charge is 0.361 e. The molecule has 3 aromatic rings. The van der Waals surface area contributed by atoms with E-state index in [0.717, 1.165) is 16.5 Å². The molecule has 0 radical (unpaired) electrons. The van der Waals surface area contributed by atoms with Crippen molar-refractivity contribution in [2.45, 2.75) is 11.4 Å². The van der Waals surface area contributed by atoms with E-state index in [1.54, 1.807) is 24.3 Å². The van der Waals surface area contributed by atoms with E-state index < -0.39 is 10.0 Å². The fraction of sp³-hybridized carbons (Fsp3) is 0.0625. The third-order valence-corrected chi connectivity index (χ3v) is 4.45. The zero-order chi connectivity index (χ0) is 16.4. The first-order valence-electron chi connectivity index (χ1n) is 6.90. The van der Waals surface area contributed by atoms with Crippen molar-refractivity contribution in [1.82, 2.24) is 10.3 Å². The van der Waals surface area contributed by atoms with Crippen LogP contribution in [0.4, 0.5) is 0 Å². The monoisotopic (exact) mass is 329 g/mol. The molecule has 0 atom stereocenters. The summed E-state index contributed by atoms with van der Waals surface area (Å²) in [4.78, 5) is 15.3. The Hall–Kier alpha value is -2.64. The van der Waals surface area contributed by atoms with Crippen LogP contribution in [0.1, 0.15) is 15.9 Å². The van der Waals surface area contributed by atoms with Gasteiger partial charge < -0.3 is 10.3 Å². The summed E-state index contributed by atoms with van der Waals surface area (Å²) in [5, 5.41) is 8.88. The van der Waals surface area contributed by atoms with Gasteiger partial charge in [-0.1, -0.05) is 18.2 Å². The van der Waals surface area contributed by atoms with Crippen molar-refractivity contribution in [3.63, 3.8) is 0 Å². The predicted octanol–water partition coefficient (Wildman–Crippen LogP) is 1.75. The molecule has 118 valence electrons. The summed E-state index contributed by atoms with van der Waals surface area (Å²) in [6.45, 7) is 0.298. The fourth-order valence-electron chi connectivity index (χ4n) is 2.27. The minimum absolute atomic E-state index is 0.0461. The number of hydrogen-bond donors (Lipinski definition) is 3. The maximum Gasteiger partial charge on any atom is 0.251 e. The standard InChI is InChI=1S/C16H15N3O3S/c17-23(21,22)14-5-1-11(2-6-14)10-19-16(20)13-4-3-12-7-8-18-15(12)9-13/h1-9,18H,10H2,(H,19,20)(H2,17,21,22). The Labute approximate surface area is 133 Å². The number of H-pyrrole nitrogens is 1. The Bertz CT molecular complexity index is 960. The van der Waals surface area contributed by atoms with Gasteiger partial charge in [-0.15, -0.1) is 0 Å². The normalized spacial score (nSPS) is 11.5. The van der Waals surface area contributed by atoms with E-state index >= 15 is 0 Å². The van der Waals surface area contributed by atoms with Gasteiger partial charge in [0.05, 0.1) is 4.90 Å². The minimum Gasteiger partial charge on any atom is -0.361 e. The van der Waals surface area contributed by atoms with Crippen molar-refractivity contribution in [1.29, 1.82) is 0 Å². The number of carbonyl (C=O) groups is 1. The van der Waals surface area contributed by atoms with Gasteiger partial charge in [-0.2, -0.15) is 0 Å². The van der Waals surface area contributed by atoms with Crippen LogP contribution in [0.15, 0.2) is 59.6 Å². The summed E-state index contributed by atoms with van der Waals surface area (Å²) in [6, 6.07) is 13.4. The highest BCUT2D eigenvalue weighted by atomic mass is 32.2. The second-order valence-corrected chi connectivity index (χ2v) is 6.71. The molecule has 0 bridgehead atoms. The maximum absolute atomic E-state index is 12.2. The molecule has 1 heterocycles. The average molecular weight is 329 g/mol. The van der Waals surface area contributed by atoms with E-state index in [1.165, 1.54) is 12.1 Å². The predicted molar refractivity (Wildman–Crippen MR) is 87.3 cm³/mol. The third kappa shape index (κ3) is 3.41. The second-order valence-electron chi connectivity index (χ2n) is 5.15. The third-order valence-electron chi connectivity index (χ3n) is 3.52. The average Bonchev–Trinajstić information content (AvgIpc) is 2.99. The summed E-state index contributed by atoms with van der Waals surface area (Å²) >= 11 is 0. The van der Waals surface area contributed by atoms with Gasteiger partial charge in [-0.3, -0.25) is 4.79 Å². The highest BCUT2D eigenvalue weighted by Crippen LogP contribution is 2.14. The van der Waals surface area contributed by atoms with E-state index in [4.69, 9.17) is 5.14 Å². The molecule has 7 heteroatoms. The summed E-state index contributed by atoms with van der Waals surface area (Å²) in [6.07, 6.45) is 1.82. The van der Waals surface area contributed by atoms with E-state index in [0.29, 0.717) is 12.1 Å². The van der Waals surface area contributed by atoms with Crippen molar-refractivity contribution in [2.75, 3.05) is 0 Å². The lowest BCUT2D eigenvalue weighted by atomic mass is 10.1. The molecule has 0 aliphatic heterocycles. The Kier molecular flexibility index (Phi) is 3.89. The molecule has 0 fully saturated rings. The van der Waals surface area contributed by atoms with Gasteiger partial charge in [0.1, 0.15) is 0 Å². The molecular formula is C16H15N3O3S. The molecule has 1 amide bonds. The number of aromatic nitrogens is 1. The van der Waals surface area contributed by atoms with Gasteiger partial charge in [-0.25, -0.2) is 13.6 Å². The molecule has 0 spiro atoms.